The number of hydrogen-bond donors (Lipinski definition) is 3. The van der Waals surface area contributed by atoms with Crippen molar-refractivity contribution in [3.8, 4) is 33.8 Å². The molecule has 0 atom stereocenters. The summed E-state index contributed by atoms with van der Waals surface area (Å²) in [6, 6.07) is 14.5. The zero-order chi connectivity index (χ0) is 19.2. The summed E-state index contributed by atoms with van der Waals surface area (Å²) < 4.78 is 0. The van der Waals surface area contributed by atoms with Gasteiger partial charge in [-0.2, -0.15) is 10.2 Å². The van der Waals surface area contributed by atoms with Crippen LogP contribution in [-0.2, 0) is 0 Å². The Hall–Kier alpha value is -4.26. The minimum atomic E-state index is 0.850. The summed E-state index contributed by atoms with van der Waals surface area (Å²) >= 11 is 0. The molecule has 7 nitrogen and oxygen atoms in total. The molecular weight excluding hydrogens is 362 g/mol. The molecule has 0 amide bonds. The standard InChI is InChI=1S/C22H15N7/c1-2-15(13-4-6-23-7-5-13)16-8-20(27-18(16)3-1)22-17-9-19(14-10-25-26-11-14)24-12-21(17)28-29-22/h1-12,27H,(H,25,26)(H,28,29). The van der Waals surface area contributed by atoms with Crippen molar-refractivity contribution in [3.05, 3.63) is 73.4 Å². The highest BCUT2D eigenvalue weighted by atomic mass is 15.1. The number of nitrogens with one attached hydrogen (secondary N) is 3. The van der Waals surface area contributed by atoms with Crippen molar-refractivity contribution in [2.45, 2.75) is 0 Å². The predicted octanol–water partition coefficient (Wildman–Crippen LogP) is 4.56. The van der Waals surface area contributed by atoms with Crippen LogP contribution in [0.3, 0.4) is 0 Å². The van der Waals surface area contributed by atoms with Crippen LogP contribution in [0.2, 0.25) is 0 Å². The van der Waals surface area contributed by atoms with Gasteiger partial charge in [0.25, 0.3) is 0 Å². The molecule has 0 bridgehead atoms. The molecule has 0 radical (unpaired) electrons. The highest BCUT2D eigenvalue weighted by Gasteiger charge is 2.14. The van der Waals surface area contributed by atoms with Gasteiger partial charge in [0.1, 0.15) is 5.69 Å². The van der Waals surface area contributed by atoms with Crippen molar-refractivity contribution in [3.63, 3.8) is 0 Å². The first-order valence-corrected chi connectivity index (χ1v) is 9.22. The Bertz CT molecular complexity index is 1440. The molecule has 6 rings (SSSR count). The van der Waals surface area contributed by atoms with E-state index in [9.17, 15) is 0 Å². The van der Waals surface area contributed by atoms with E-state index in [2.05, 4.69) is 59.6 Å². The molecule has 7 heteroatoms. The first-order chi connectivity index (χ1) is 14.4. The van der Waals surface area contributed by atoms with Gasteiger partial charge in [0.15, 0.2) is 0 Å². The quantitative estimate of drug-likeness (QED) is 0.421. The third-order valence-electron chi connectivity index (χ3n) is 5.15. The zero-order valence-electron chi connectivity index (χ0n) is 15.2. The van der Waals surface area contributed by atoms with Crippen molar-refractivity contribution in [2.24, 2.45) is 0 Å². The van der Waals surface area contributed by atoms with Crippen molar-refractivity contribution in [1.29, 1.82) is 0 Å². The lowest BCUT2D eigenvalue weighted by Gasteiger charge is -2.02. The van der Waals surface area contributed by atoms with Gasteiger partial charge in [-0.15, -0.1) is 0 Å². The monoisotopic (exact) mass is 377 g/mol. The molecule has 5 heterocycles. The third-order valence-corrected chi connectivity index (χ3v) is 5.15. The number of H-pyrrole nitrogens is 3. The number of aromatic amines is 3. The molecule has 6 aromatic rings. The highest BCUT2D eigenvalue weighted by Crippen LogP contribution is 2.34. The number of fused-ring (bicyclic) bond motifs is 2. The van der Waals surface area contributed by atoms with Crippen LogP contribution in [0.4, 0.5) is 0 Å². The van der Waals surface area contributed by atoms with Crippen LogP contribution in [0.15, 0.2) is 73.4 Å². The maximum atomic E-state index is 4.56. The van der Waals surface area contributed by atoms with E-state index in [4.69, 9.17) is 0 Å². The molecule has 0 fully saturated rings. The summed E-state index contributed by atoms with van der Waals surface area (Å²) in [4.78, 5) is 12.1. The Morgan fingerprint density at radius 2 is 1.76 bits per heavy atom. The molecule has 0 saturated heterocycles. The fraction of sp³-hybridized carbons (Fsp3) is 0. The summed E-state index contributed by atoms with van der Waals surface area (Å²) in [5.74, 6) is 0. The van der Waals surface area contributed by atoms with E-state index in [1.807, 2.05) is 36.8 Å². The number of benzene rings is 1. The van der Waals surface area contributed by atoms with E-state index in [0.717, 1.165) is 55.6 Å². The van der Waals surface area contributed by atoms with Crippen LogP contribution >= 0.6 is 0 Å². The second kappa shape index (κ2) is 6.13. The summed E-state index contributed by atoms with van der Waals surface area (Å²) in [6.45, 7) is 0. The Labute approximate surface area is 164 Å². The number of pyridine rings is 2. The van der Waals surface area contributed by atoms with Crippen molar-refractivity contribution >= 4 is 21.8 Å². The molecule has 0 aliphatic rings. The van der Waals surface area contributed by atoms with E-state index in [0.29, 0.717) is 0 Å². The molecule has 0 spiro atoms. The minimum Gasteiger partial charge on any atom is -0.353 e. The fourth-order valence-electron chi connectivity index (χ4n) is 3.74. The summed E-state index contributed by atoms with van der Waals surface area (Å²) in [5, 5.41) is 16.6. The number of aromatic nitrogens is 7. The van der Waals surface area contributed by atoms with Crippen LogP contribution in [0, 0.1) is 0 Å². The molecule has 0 unspecified atom stereocenters. The Morgan fingerprint density at radius 1 is 0.828 bits per heavy atom. The van der Waals surface area contributed by atoms with Gasteiger partial charge in [0.2, 0.25) is 0 Å². The Kier molecular flexibility index (Phi) is 3.33. The molecule has 29 heavy (non-hydrogen) atoms. The number of hydrogen-bond acceptors (Lipinski definition) is 4. The zero-order valence-corrected chi connectivity index (χ0v) is 15.2. The van der Waals surface area contributed by atoms with Crippen LogP contribution in [0.25, 0.3) is 55.6 Å². The van der Waals surface area contributed by atoms with E-state index >= 15 is 0 Å². The Morgan fingerprint density at radius 3 is 2.62 bits per heavy atom. The maximum Gasteiger partial charge on any atom is 0.116 e. The van der Waals surface area contributed by atoms with Gasteiger partial charge in [-0.05, 0) is 41.5 Å². The van der Waals surface area contributed by atoms with Crippen molar-refractivity contribution in [2.75, 3.05) is 0 Å². The van der Waals surface area contributed by atoms with Gasteiger partial charge in [0, 0.05) is 40.4 Å². The van der Waals surface area contributed by atoms with Crippen LogP contribution in [-0.4, -0.2) is 35.3 Å². The summed E-state index contributed by atoms with van der Waals surface area (Å²) in [7, 11) is 0. The fourth-order valence-corrected chi connectivity index (χ4v) is 3.74. The number of nitrogens with zero attached hydrogens (tertiary/aromatic N) is 4. The normalized spacial score (nSPS) is 11.4. The largest absolute Gasteiger partial charge is 0.353 e. The van der Waals surface area contributed by atoms with Gasteiger partial charge in [-0.3, -0.25) is 20.2 Å². The molecule has 5 aromatic heterocycles. The summed E-state index contributed by atoms with van der Waals surface area (Å²) in [6.07, 6.45) is 9.02. The second-order valence-corrected chi connectivity index (χ2v) is 6.86. The third kappa shape index (κ3) is 2.52. The molecule has 1 aromatic carbocycles. The van der Waals surface area contributed by atoms with Gasteiger partial charge in [0.05, 0.1) is 29.3 Å². The van der Waals surface area contributed by atoms with Crippen LogP contribution in [0.1, 0.15) is 0 Å². The van der Waals surface area contributed by atoms with Gasteiger partial charge in [-0.1, -0.05) is 12.1 Å². The van der Waals surface area contributed by atoms with Gasteiger partial charge < -0.3 is 4.98 Å². The lowest BCUT2D eigenvalue weighted by molar-refractivity contribution is 1.09. The van der Waals surface area contributed by atoms with E-state index in [-0.39, 0.29) is 0 Å². The average molecular weight is 377 g/mol. The van der Waals surface area contributed by atoms with Crippen molar-refractivity contribution < 1.29 is 0 Å². The molecular formula is C22H15N7. The first-order valence-electron chi connectivity index (χ1n) is 9.22. The minimum absolute atomic E-state index is 0.850. The predicted molar refractivity (Wildman–Crippen MR) is 112 cm³/mol. The van der Waals surface area contributed by atoms with Gasteiger partial charge >= 0.3 is 0 Å². The molecule has 138 valence electrons. The number of rotatable bonds is 3. The van der Waals surface area contributed by atoms with E-state index in [1.165, 1.54) is 0 Å². The first kappa shape index (κ1) is 15.8. The van der Waals surface area contributed by atoms with Gasteiger partial charge in [-0.25, -0.2) is 0 Å². The second-order valence-electron chi connectivity index (χ2n) is 6.86. The lowest BCUT2D eigenvalue weighted by Crippen LogP contribution is -1.82. The van der Waals surface area contributed by atoms with Crippen molar-refractivity contribution in [1.82, 2.24) is 35.3 Å². The van der Waals surface area contributed by atoms with E-state index in [1.54, 1.807) is 12.4 Å². The Balaban J connectivity index is 1.54. The summed E-state index contributed by atoms with van der Waals surface area (Å²) in [5.41, 5.74) is 7.86. The molecule has 3 N–H and O–H groups in total. The smallest absolute Gasteiger partial charge is 0.116 e. The lowest BCUT2D eigenvalue weighted by atomic mass is 10.0. The molecule has 0 aliphatic heterocycles. The highest BCUT2D eigenvalue weighted by molar-refractivity contribution is 6.01. The SMILES string of the molecule is c1cc(-c2ccncc2)c2cc(-c3n[nH]c4cnc(-c5cn[nH]c5)cc34)[nH]c2c1. The molecule has 0 saturated carbocycles. The van der Waals surface area contributed by atoms with E-state index < -0.39 is 0 Å². The average Bonchev–Trinajstić information content (AvgIpc) is 3.52. The molecule has 0 aliphatic carbocycles. The topological polar surface area (TPSA) is 98.9 Å². The maximum absolute atomic E-state index is 4.56. The van der Waals surface area contributed by atoms with Crippen LogP contribution in [0.5, 0.6) is 0 Å². The van der Waals surface area contributed by atoms with Crippen LogP contribution < -0.4 is 0 Å².